The Morgan fingerprint density at radius 1 is 1.44 bits per heavy atom. The van der Waals surface area contributed by atoms with Gasteiger partial charge in [0.2, 0.25) is 0 Å². The summed E-state index contributed by atoms with van der Waals surface area (Å²) in [7, 11) is 0. The first-order valence-corrected chi connectivity index (χ1v) is 6.78. The zero-order valence-electron chi connectivity index (χ0n) is 10.6. The topological polar surface area (TPSA) is 26.3 Å². The lowest BCUT2D eigenvalue weighted by Crippen LogP contribution is -2.47. The number of carbonyl (C=O) groups excluding carboxylic acids is 1. The average Bonchev–Trinajstić information content (AvgIpc) is 2.24. The maximum absolute atomic E-state index is 12.1. The molecule has 2 nitrogen and oxygen atoms in total. The molecule has 0 aromatic carbocycles. The molecule has 1 heterocycles. The highest BCUT2D eigenvalue weighted by Gasteiger charge is 2.43. The molecular weight excluding hydrogens is 200 g/mol. The third-order valence-corrected chi connectivity index (χ3v) is 4.18. The van der Waals surface area contributed by atoms with Crippen molar-refractivity contribution in [2.24, 2.45) is 11.8 Å². The van der Waals surface area contributed by atoms with Gasteiger partial charge in [-0.05, 0) is 44.4 Å². The van der Waals surface area contributed by atoms with Crippen molar-refractivity contribution in [3.63, 3.8) is 0 Å². The van der Waals surface area contributed by atoms with Crippen molar-refractivity contribution in [3.8, 4) is 0 Å². The molecule has 2 fully saturated rings. The van der Waals surface area contributed by atoms with Gasteiger partial charge >= 0.3 is 0 Å². The van der Waals surface area contributed by atoms with Crippen molar-refractivity contribution < 1.29 is 9.53 Å². The number of Topliss-reactive ketones (excluding diaryl/α,β-unsaturated/α-hetero) is 1. The van der Waals surface area contributed by atoms with Gasteiger partial charge in [0.05, 0.1) is 5.60 Å². The standard InChI is InChI=1S/C14H24O2/c1-11(2)4-5-13(15)12-6-9-16-14(10-12)7-3-8-14/h11-12H,3-10H2,1-2H3. The Bertz CT molecular complexity index is 253. The summed E-state index contributed by atoms with van der Waals surface area (Å²) < 4.78 is 5.86. The molecule has 2 rings (SSSR count). The van der Waals surface area contributed by atoms with E-state index in [1.54, 1.807) is 0 Å². The number of rotatable bonds is 4. The van der Waals surface area contributed by atoms with Crippen molar-refractivity contribution in [1.29, 1.82) is 0 Å². The van der Waals surface area contributed by atoms with E-state index in [-0.39, 0.29) is 5.60 Å². The van der Waals surface area contributed by atoms with Crippen LogP contribution in [0.4, 0.5) is 0 Å². The van der Waals surface area contributed by atoms with Crippen molar-refractivity contribution in [2.45, 2.75) is 64.4 Å². The number of hydrogen-bond acceptors (Lipinski definition) is 2. The number of ether oxygens (including phenoxy) is 1. The monoisotopic (exact) mass is 224 g/mol. The van der Waals surface area contributed by atoms with Crippen molar-refractivity contribution in [1.82, 2.24) is 0 Å². The molecule has 1 saturated carbocycles. The second-order valence-corrected chi connectivity index (χ2v) is 5.97. The molecule has 2 heteroatoms. The zero-order valence-corrected chi connectivity index (χ0v) is 10.6. The van der Waals surface area contributed by atoms with Gasteiger partial charge < -0.3 is 4.74 Å². The SMILES string of the molecule is CC(C)CCC(=O)C1CCOC2(CCC2)C1. The lowest BCUT2D eigenvalue weighted by atomic mass is 9.71. The molecule has 1 aliphatic heterocycles. The minimum absolute atomic E-state index is 0.121. The quantitative estimate of drug-likeness (QED) is 0.732. The Hall–Kier alpha value is -0.370. The van der Waals surface area contributed by atoms with Crippen molar-refractivity contribution in [3.05, 3.63) is 0 Å². The van der Waals surface area contributed by atoms with Crippen LogP contribution in [0.25, 0.3) is 0 Å². The second-order valence-electron chi connectivity index (χ2n) is 5.97. The molecule has 2 aliphatic rings. The second kappa shape index (κ2) is 4.87. The molecule has 1 spiro atoms. The van der Waals surface area contributed by atoms with Crippen LogP contribution in [0.3, 0.4) is 0 Å². The summed E-state index contributed by atoms with van der Waals surface area (Å²) in [5, 5.41) is 0. The average molecular weight is 224 g/mol. The van der Waals surface area contributed by atoms with Gasteiger partial charge in [0.15, 0.2) is 0 Å². The fourth-order valence-corrected chi connectivity index (χ4v) is 2.86. The van der Waals surface area contributed by atoms with Crippen LogP contribution in [0, 0.1) is 11.8 Å². The normalized spacial score (nSPS) is 28.1. The first-order valence-electron chi connectivity index (χ1n) is 6.78. The summed E-state index contributed by atoms with van der Waals surface area (Å²) in [6.45, 7) is 5.17. The predicted molar refractivity (Wildman–Crippen MR) is 64.3 cm³/mol. The summed E-state index contributed by atoms with van der Waals surface area (Å²) in [5.74, 6) is 1.43. The van der Waals surface area contributed by atoms with Gasteiger partial charge in [-0.15, -0.1) is 0 Å². The third kappa shape index (κ3) is 2.65. The molecule has 1 atom stereocenters. The molecule has 0 amide bonds. The highest BCUT2D eigenvalue weighted by atomic mass is 16.5. The maximum Gasteiger partial charge on any atom is 0.136 e. The minimum Gasteiger partial charge on any atom is -0.375 e. The van der Waals surface area contributed by atoms with Crippen LogP contribution in [0.1, 0.15) is 58.8 Å². The Balaban J connectivity index is 1.82. The maximum atomic E-state index is 12.1. The van der Waals surface area contributed by atoms with Crippen LogP contribution in [-0.4, -0.2) is 18.0 Å². The van der Waals surface area contributed by atoms with Crippen LogP contribution in [-0.2, 0) is 9.53 Å². The van der Waals surface area contributed by atoms with E-state index in [0.29, 0.717) is 17.6 Å². The van der Waals surface area contributed by atoms with Crippen LogP contribution in [0.15, 0.2) is 0 Å². The summed E-state index contributed by atoms with van der Waals surface area (Å²) in [4.78, 5) is 12.1. The van der Waals surface area contributed by atoms with Gasteiger partial charge in [0.1, 0.15) is 5.78 Å². The number of carbonyl (C=O) groups is 1. The molecule has 0 aromatic rings. The van der Waals surface area contributed by atoms with Gasteiger partial charge in [0.25, 0.3) is 0 Å². The van der Waals surface area contributed by atoms with E-state index in [2.05, 4.69) is 13.8 Å². The summed E-state index contributed by atoms with van der Waals surface area (Å²) in [6.07, 6.45) is 7.43. The Kier molecular flexibility index (Phi) is 3.68. The minimum atomic E-state index is 0.121. The van der Waals surface area contributed by atoms with E-state index >= 15 is 0 Å². The molecule has 1 unspecified atom stereocenters. The molecule has 0 radical (unpaired) electrons. The highest BCUT2D eigenvalue weighted by Crippen LogP contribution is 2.44. The van der Waals surface area contributed by atoms with Gasteiger partial charge in [0, 0.05) is 18.9 Å². The first kappa shape index (κ1) is 12.1. The fourth-order valence-electron chi connectivity index (χ4n) is 2.86. The summed E-state index contributed by atoms with van der Waals surface area (Å²) in [5.41, 5.74) is 0.121. The molecule has 0 bridgehead atoms. The van der Waals surface area contributed by atoms with Crippen molar-refractivity contribution >= 4 is 5.78 Å². The van der Waals surface area contributed by atoms with Gasteiger partial charge in [-0.25, -0.2) is 0 Å². The Morgan fingerprint density at radius 3 is 2.75 bits per heavy atom. The van der Waals surface area contributed by atoms with Crippen molar-refractivity contribution in [2.75, 3.05) is 6.61 Å². The van der Waals surface area contributed by atoms with Crippen LogP contribution in [0.2, 0.25) is 0 Å². The molecule has 1 aliphatic carbocycles. The summed E-state index contributed by atoms with van der Waals surface area (Å²) >= 11 is 0. The van der Waals surface area contributed by atoms with E-state index in [4.69, 9.17) is 4.74 Å². The van der Waals surface area contributed by atoms with Crippen LogP contribution in [0.5, 0.6) is 0 Å². The Morgan fingerprint density at radius 2 is 2.19 bits per heavy atom. The lowest BCUT2D eigenvalue weighted by Gasteiger charge is -2.46. The van der Waals surface area contributed by atoms with E-state index in [1.165, 1.54) is 19.3 Å². The molecule has 92 valence electrons. The largest absolute Gasteiger partial charge is 0.375 e. The fraction of sp³-hybridized carbons (Fsp3) is 0.929. The highest BCUT2D eigenvalue weighted by molar-refractivity contribution is 5.81. The summed E-state index contributed by atoms with van der Waals surface area (Å²) in [6, 6.07) is 0. The molecular formula is C14H24O2. The zero-order chi connectivity index (χ0) is 11.6. The number of ketones is 1. The van der Waals surface area contributed by atoms with Gasteiger partial charge in [-0.1, -0.05) is 13.8 Å². The van der Waals surface area contributed by atoms with E-state index in [1.807, 2.05) is 0 Å². The smallest absolute Gasteiger partial charge is 0.136 e. The number of hydrogen-bond donors (Lipinski definition) is 0. The van der Waals surface area contributed by atoms with Crippen LogP contribution < -0.4 is 0 Å². The van der Waals surface area contributed by atoms with E-state index < -0.39 is 0 Å². The molecule has 0 N–H and O–H groups in total. The first-order chi connectivity index (χ1) is 7.61. The molecule has 1 saturated heterocycles. The van der Waals surface area contributed by atoms with Crippen LogP contribution >= 0.6 is 0 Å². The predicted octanol–water partition coefficient (Wildman–Crippen LogP) is 3.34. The van der Waals surface area contributed by atoms with E-state index in [0.717, 1.165) is 32.3 Å². The van der Waals surface area contributed by atoms with Gasteiger partial charge in [-0.3, -0.25) is 4.79 Å². The molecule has 16 heavy (non-hydrogen) atoms. The third-order valence-electron chi connectivity index (χ3n) is 4.18. The van der Waals surface area contributed by atoms with E-state index in [9.17, 15) is 4.79 Å². The Labute approximate surface area is 98.7 Å². The molecule has 0 aromatic heterocycles. The van der Waals surface area contributed by atoms with Gasteiger partial charge in [-0.2, -0.15) is 0 Å². The lowest BCUT2D eigenvalue weighted by molar-refractivity contribution is -0.155.